The Bertz CT molecular complexity index is 457. The van der Waals surface area contributed by atoms with Gasteiger partial charge in [0.15, 0.2) is 0 Å². The third-order valence-electron chi connectivity index (χ3n) is 4.32. The topological polar surface area (TPSA) is 13.0 Å². The lowest BCUT2D eigenvalue weighted by Gasteiger charge is -2.60. The predicted octanol–water partition coefficient (Wildman–Crippen LogP) is 1.34. The van der Waals surface area contributed by atoms with Crippen LogP contribution in [0.2, 0.25) is 0 Å². The fourth-order valence-corrected chi connectivity index (χ4v) is 3.72. The summed E-state index contributed by atoms with van der Waals surface area (Å²) in [5, 5.41) is 0. The molecule has 0 aliphatic carbocycles. The zero-order valence-corrected chi connectivity index (χ0v) is 11.1. The maximum Gasteiger partial charge on any atom is 0.0929 e. The van der Waals surface area contributed by atoms with Gasteiger partial charge in [-0.3, -0.25) is 19.6 Å². The summed E-state index contributed by atoms with van der Waals surface area (Å²) in [6.45, 7) is 10.0. The maximum absolute atomic E-state index is 2.58. The molecule has 0 aromatic heterocycles. The molecule has 0 unspecified atom stereocenters. The van der Waals surface area contributed by atoms with Crippen LogP contribution in [0.25, 0.3) is 0 Å². The van der Waals surface area contributed by atoms with Crippen LogP contribution < -0.4 is 0 Å². The first kappa shape index (κ1) is 10.9. The molecule has 0 N–H and O–H groups in total. The molecule has 18 heavy (non-hydrogen) atoms. The van der Waals surface area contributed by atoms with Crippen molar-refractivity contribution in [3.63, 3.8) is 0 Å². The van der Waals surface area contributed by atoms with Gasteiger partial charge in [-0.05, 0) is 25.0 Å². The zero-order chi connectivity index (χ0) is 12.3. The van der Waals surface area contributed by atoms with Gasteiger partial charge in [0.25, 0.3) is 0 Å². The van der Waals surface area contributed by atoms with Crippen molar-refractivity contribution >= 4 is 0 Å². The Morgan fingerprint density at radius 1 is 0.889 bits per heavy atom. The van der Waals surface area contributed by atoms with E-state index in [4.69, 9.17) is 0 Å². The van der Waals surface area contributed by atoms with Gasteiger partial charge in [-0.15, -0.1) is 0 Å². The molecule has 4 aliphatic heterocycles. The monoisotopic (exact) mass is 244 g/mol. The largest absolute Gasteiger partial charge is 0.264 e. The van der Waals surface area contributed by atoms with E-state index in [1.165, 1.54) is 16.7 Å². The van der Waals surface area contributed by atoms with Gasteiger partial charge in [-0.25, -0.2) is 0 Å². The summed E-state index contributed by atoms with van der Waals surface area (Å²) in [4.78, 5) is 10.2. The van der Waals surface area contributed by atoms with E-state index in [0.29, 0.717) is 6.17 Å². The van der Waals surface area contributed by atoms with Crippen molar-refractivity contribution < 1.29 is 0 Å². The van der Waals surface area contributed by atoms with Crippen molar-refractivity contribution in [2.75, 3.05) is 33.3 Å². The fourth-order valence-electron chi connectivity index (χ4n) is 3.72. The second-order valence-electron chi connectivity index (χ2n) is 5.96. The van der Waals surface area contributed by atoms with Crippen LogP contribution in [0.15, 0.2) is 18.2 Å². The molecular weight excluding hydrogens is 224 g/mol. The highest BCUT2D eigenvalue weighted by molar-refractivity contribution is 5.33. The van der Waals surface area contributed by atoms with Crippen LogP contribution in [-0.4, -0.2) is 52.9 Å². The molecule has 0 atom stereocenters. The average Bonchev–Trinajstić information content (AvgIpc) is 2.30. The highest BCUT2D eigenvalue weighted by Crippen LogP contribution is 2.37. The minimum atomic E-state index is 0.485. The average molecular weight is 244 g/mol. The van der Waals surface area contributed by atoms with E-state index >= 15 is 0 Å². The van der Waals surface area contributed by atoms with E-state index in [2.05, 4.69) is 51.6 Å². The van der Waals surface area contributed by atoms with Crippen molar-refractivity contribution in [3.05, 3.63) is 34.9 Å². The standard InChI is InChI=1S/C14H20N4/c1-11-3-4-13(12(2)5-11)14-17-7-15-6-16(9-17)10-18(14)8-15/h3-5,14H,6-10H2,1-2H3. The number of aryl methyl sites for hydroxylation is 2. The van der Waals surface area contributed by atoms with E-state index < -0.39 is 0 Å². The Morgan fingerprint density at radius 2 is 1.50 bits per heavy atom. The first-order valence-corrected chi connectivity index (χ1v) is 6.71. The van der Waals surface area contributed by atoms with Crippen LogP contribution in [0.3, 0.4) is 0 Å². The molecule has 0 saturated carbocycles. The Morgan fingerprint density at radius 3 is 2.06 bits per heavy atom. The lowest BCUT2D eigenvalue weighted by molar-refractivity contribution is -0.233. The minimum absolute atomic E-state index is 0.485. The second kappa shape index (κ2) is 3.78. The van der Waals surface area contributed by atoms with E-state index in [9.17, 15) is 0 Å². The molecule has 0 amide bonds. The first-order valence-electron chi connectivity index (χ1n) is 6.71. The molecule has 96 valence electrons. The molecular formula is C14H20N4. The third-order valence-corrected chi connectivity index (χ3v) is 4.32. The van der Waals surface area contributed by atoms with E-state index in [1.807, 2.05) is 0 Å². The van der Waals surface area contributed by atoms with Crippen molar-refractivity contribution in [3.8, 4) is 0 Å². The maximum atomic E-state index is 2.58. The van der Waals surface area contributed by atoms with E-state index in [0.717, 1.165) is 33.3 Å². The van der Waals surface area contributed by atoms with Gasteiger partial charge in [0.2, 0.25) is 0 Å². The molecule has 4 aliphatic rings. The fraction of sp³-hybridized carbons (Fsp3) is 0.571. The molecule has 4 heterocycles. The van der Waals surface area contributed by atoms with Gasteiger partial charge in [-0.2, -0.15) is 0 Å². The number of nitrogens with zero attached hydrogens (tertiary/aromatic N) is 4. The molecule has 5 rings (SSSR count). The molecule has 4 saturated heterocycles. The van der Waals surface area contributed by atoms with Gasteiger partial charge in [0.1, 0.15) is 0 Å². The number of hydrogen-bond acceptors (Lipinski definition) is 4. The predicted molar refractivity (Wildman–Crippen MR) is 70.3 cm³/mol. The number of hydrogen-bond donors (Lipinski definition) is 0. The van der Waals surface area contributed by atoms with Crippen LogP contribution >= 0.6 is 0 Å². The Balaban J connectivity index is 1.72. The summed E-state index contributed by atoms with van der Waals surface area (Å²) in [5.41, 5.74) is 4.27. The smallest absolute Gasteiger partial charge is 0.0929 e. The van der Waals surface area contributed by atoms with Crippen molar-refractivity contribution in [2.45, 2.75) is 20.0 Å². The number of rotatable bonds is 1. The highest BCUT2D eigenvalue weighted by Gasteiger charge is 2.44. The Kier molecular flexibility index (Phi) is 2.29. The number of benzene rings is 1. The quantitative estimate of drug-likeness (QED) is 0.739. The van der Waals surface area contributed by atoms with E-state index in [1.54, 1.807) is 0 Å². The van der Waals surface area contributed by atoms with Crippen LogP contribution in [0.4, 0.5) is 0 Å². The molecule has 4 bridgehead atoms. The van der Waals surface area contributed by atoms with Gasteiger partial charge < -0.3 is 0 Å². The highest BCUT2D eigenvalue weighted by atomic mass is 15.7. The summed E-state index contributed by atoms with van der Waals surface area (Å²) in [6, 6.07) is 6.88. The van der Waals surface area contributed by atoms with E-state index in [-0.39, 0.29) is 0 Å². The van der Waals surface area contributed by atoms with Crippen LogP contribution in [0.1, 0.15) is 22.9 Å². The van der Waals surface area contributed by atoms with Crippen molar-refractivity contribution in [2.24, 2.45) is 0 Å². The molecule has 0 radical (unpaired) electrons. The zero-order valence-electron chi connectivity index (χ0n) is 11.1. The SMILES string of the molecule is Cc1ccc(C2N3CN4CN(C3)CN2C4)c(C)c1. The summed E-state index contributed by atoms with van der Waals surface area (Å²) < 4.78 is 0. The molecule has 4 fully saturated rings. The normalized spacial score (nSPS) is 41.3. The van der Waals surface area contributed by atoms with Gasteiger partial charge >= 0.3 is 0 Å². The molecule has 0 spiro atoms. The van der Waals surface area contributed by atoms with Crippen LogP contribution in [-0.2, 0) is 0 Å². The van der Waals surface area contributed by atoms with Crippen LogP contribution in [0, 0.1) is 13.8 Å². The summed E-state index contributed by atoms with van der Waals surface area (Å²) in [7, 11) is 0. The molecule has 4 heteroatoms. The van der Waals surface area contributed by atoms with Crippen molar-refractivity contribution in [1.29, 1.82) is 0 Å². The van der Waals surface area contributed by atoms with Gasteiger partial charge in [-0.1, -0.05) is 23.8 Å². The molecule has 4 nitrogen and oxygen atoms in total. The second-order valence-corrected chi connectivity index (χ2v) is 5.96. The Hall–Kier alpha value is -0.940. The summed E-state index contributed by atoms with van der Waals surface area (Å²) >= 11 is 0. The Labute approximate surface area is 108 Å². The summed E-state index contributed by atoms with van der Waals surface area (Å²) in [5.74, 6) is 0. The third kappa shape index (κ3) is 1.53. The molecule has 1 aromatic carbocycles. The lowest BCUT2D eigenvalue weighted by atomic mass is 10.0. The molecule has 1 aromatic rings. The van der Waals surface area contributed by atoms with Gasteiger partial charge in [0.05, 0.1) is 39.5 Å². The van der Waals surface area contributed by atoms with Crippen LogP contribution in [0.5, 0.6) is 0 Å². The van der Waals surface area contributed by atoms with Crippen molar-refractivity contribution in [1.82, 2.24) is 19.6 Å². The lowest BCUT2D eigenvalue weighted by Crippen LogP contribution is -2.72. The minimum Gasteiger partial charge on any atom is -0.264 e. The summed E-state index contributed by atoms with van der Waals surface area (Å²) in [6.07, 6.45) is 0.485. The van der Waals surface area contributed by atoms with Gasteiger partial charge in [0, 0.05) is 0 Å². The first-order chi connectivity index (χ1) is 8.70.